The minimum Gasteiger partial charge on any atom is -0.334 e. The molecule has 4 aromatic rings. The summed E-state index contributed by atoms with van der Waals surface area (Å²) in [7, 11) is 2.04. The molecule has 2 aliphatic rings. The number of aromatic nitrogens is 4. The zero-order valence-electron chi connectivity index (χ0n) is 19.4. The third kappa shape index (κ3) is 3.25. The molecule has 0 spiro atoms. The molecule has 1 saturated carbocycles. The SMILES string of the molecule is C[C@@H]1CN(C(=O)c2ccc3c(c2)nc(-c2cc4cccnc4n2CC2CC2)n3C)[C@H](C)[C@@H]1N. The van der Waals surface area contributed by atoms with Crippen LogP contribution in [-0.2, 0) is 13.6 Å². The molecule has 1 aliphatic heterocycles. The summed E-state index contributed by atoms with van der Waals surface area (Å²) in [6.45, 7) is 5.81. The number of fused-ring (bicyclic) bond motifs is 2. The number of pyridine rings is 1. The Labute approximate surface area is 193 Å². The Bertz CT molecular complexity index is 1380. The lowest BCUT2D eigenvalue weighted by molar-refractivity contribution is 0.0740. The van der Waals surface area contributed by atoms with Gasteiger partial charge in [-0.25, -0.2) is 9.97 Å². The number of amides is 1. The van der Waals surface area contributed by atoms with Crippen LogP contribution in [0.25, 0.3) is 33.6 Å². The molecule has 0 bridgehead atoms. The molecule has 1 aromatic carbocycles. The highest BCUT2D eigenvalue weighted by Crippen LogP contribution is 2.36. The van der Waals surface area contributed by atoms with Crippen molar-refractivity contribution in [3.05, 3.63) is 48.2 Å². The zero-order chi connectivity index (χ0) is 22.9. The summed E-state index contributed by atoms with van der Waals surface area (Å²) in [5.74, 6) is 1.95. The molecule has 3 aromatic heterocycles. The van der Waals surface area contributed by atoms with E-state index in [2.05, 4.69) is 33.2 Å². The predicted octanol–water partition coefficient (Wildman–Crippen LogP) is 3.81. The Morgan fingerprint density at radius 3 is 2.73 bits per heavy atom. The molecule has 6 rings (SSSR count). The van der Waals surface area contributed by atoms with Gasteiger partial charge in [-0.05, 0) is 68.0 Å². The normalized spacial score (nSPS) is 23.2. The van der Waals surface area contributed by atoms with Crippen LogP contribution in [0.4, 0.5) is 0 Å². The van der Waals surface area contributed by atoms with Crippen LogP contribution in [0.5, 0.6) is 0 Å². The Morgan fingerprint density at radius 2 is 2.00 bits per heavy atom. The number of carbonyl (C=O) groups is 1. The molecule has 7 heteroatoms. The lowest BCUT2D eigenvalue weighted by atomic mass is 10.0. The fourth-order valence-electron chi connectivity index (χ4n) is 5.29. The number of hydrogen-bond acceptors (Lipinski definition) is 4. The van der Waals surface area contributed by atoms with Crippen LogP contribution in [0, 0.1) is 11.8 Å². The Kier molecular flexibility index (Phi) is 4.59. The molecule has 33 heavy (non-hydrogen) atoms. The van der Waals surface area contributed by atoms with Gasteiger partial charge >= 0.3 is 0 Å². The van der Waals surface area contributed by atoms with Crippen LogP contribution >= 0.6 is 0 Å². The van der Waals surface area contributed by atoms with Crippen molar-refractivity contribution >= 4 is 28.0 Å². The van der Waals surface area contributed by atoms with Crippen LogP contribution in [0.15, 0.2) is 42.6 Å². The van der Waals surface area contributed by atoms with Gasteiger partial charge in [0.15, 0.2) is 5.82 Å². The number of rotatable bonds is 4. The average molecular weight is 443 g/mol. The summed E-state index contributed by atoms with van der Waals surface area (Å²) < 4.78 is 4.44. The second-order valence-electron chi connectivity index (χ2n) is 9.95. The van der Waals surface area contributed by atoms with E-state index in [0.29, 0.717) is 18.0 Å². The van der Waals surface area contributed by atoms with E-state index >= 15 is 0 Å². The molecule has 4 heterocycles. The van der Waals surface area contributed by atoms with Crippen molar-refractivity contribution in [1.82, 2.24) is 24.0 Å². The van der Waals surface area contributed by atoms with Gasteiger partial charge in [0.1, 0.15) is 5.65 Å². The van der Waals surface area contributed by atoms with Gasteiger partial charge in [0.2, 0.25) is 0 Å². The van der Waals surface area contributed by atoms with Gasteiger partial charge < -0.3 is 19.8 Å². The molecule has 1 saturated heterocycles. The maximum atomic E-state index is 13.3. The molecule has 0 unspecified atom stereocenters. The molecular weight excluding hydrogens is 412 g/mol. The maximum Gasteiger partial charge on any atom is 0.254 e. The fourth-order valence-corrected chi connectivity index (χ4v) is 5.29. The number of nitrogens with two attached hydrogens (primary N) is 1. The largest absolute Gasteiger partial charge is 0.334 e. The summed E-state index contributed by atoms with van der Waals surface area (Å²) in [5.41, 5.74) is 10.9. The number of nitrogens with zero attached hydrogens (tertiary/aromatic N) is 5. The lowest BCUT2D eigenvalue weighted by Gasteiger charge is -2.23. The molecular formula is C26H30N6O. The zero-order valence-corrected chi connectivity index (χ0v) is 19.4. The summed E-state index contributed by atoms with van der Waals surface area (Å²) in [5, 5.41) is 1.13. The van der Waals surface area contributed by atoms with Crippen LogP contribution in [0.3, 0.4) is 0 Å². The van der Waals surface area contributed by atoms with Gasteiger partial charge in [0.25, 0.3) is 5.91 Å². The predicted molar refractivity (Wildman–Crippen MR) is 130 cm³/mol. The molecule has 1 amide bonds. The second-order valence-corrected chi connectivity index (χ2v) is 9.95. The number of hydrogen-bond donors (Lipinski definition) is 1. The van der Waals surface area contributed by atoms with Crippen LogP contribution in [-0.4, -0.2) is 48.5 Å². The van der Waals surface area contributed by atoms with Gasteiger partial charge in [-0.1, -0.05) is 6.92 Å². The number of benzene rings is 1. The van der Waals surface area contributed by atoms with Crippen LogP contribution in [0.1, 0.15) is 37.0 Å². The van der Waals surface area contributed by atoms with E-state index in [9.17, 15) is 4.79 Å². The minimum absolute atomic E-state index is 0.0149. The van der Waals surface area contributed by atoms with E-state index in [-0.39, 0.29) is 18.0 Å². The van der Waals surface area contributed by atoms with E-state index in [1.165, 1.54) is 12.8 Å². The topological polar surface area (TPSA) is 82.0 Å². The van der Waals surface area contributed by atoms with Gasteiger partial charge in [0, 0.05) is 49.4 Å². The van der Waals surface area contributed by atoms with Crippen molar-refractivity contribution in [2.24, 2.45) is 24.6 Å². The molecule has 0 radical (unpaired) electrons. The molecule has 1 aliphatic carbocycles. The fraction of sp³-hybridized carbons (Fsp3) is 0.423. The van der Waals surface area contributed by atoms with Crippen molar-refractivity contribution in [2.75, 3.05) is 6.54 Å². The van der Waals surface area contributed by atoms with Crippen LogP contribution in [0.2, 0.25) is 0 Å². The second kappa shape index (κ2) is 7.42. The standard InChI is InChI=1S/C26H30N6O/c1-15-13-31(16(2)23(15)27)26(33)19-8-9-21-20(11-19)29-25(30(21)3)22-12-18-5-4-10-28-24(18)32(22)14-17-6-7-17/h4-5,8-12,15-17,23H,6-7,13-14,27H2,1-3H3/t15-,16-,23-/m1/s1. The highest BCUT2D eigenvalue weighted by molar-refractivity contribution is 5.98. The van der Waals surface area contributed by atoms with Gasteiger partial charge in [-0.2, -0.15) is 0 Å². The van der Waals surface area contributed by atoms with Crippen molar-refractivity contribution in [3.63, 3.8) is 0 Å². The van der Waals surface area contributed by atoms with Crippen molar-refractivity contribution in [3.8, 4) is 11.5 Å². The first-order chi connectivity index (χ1) is 15.9. The van der Waals surface area contributed by atoms with E-state index in [4.69, 9.17) is 10.7 Å². The highest BCUT2D eigenvalue weighted by atomic mass is 16.2. The summed E-state index contributed by atoms with van der Waals surface area (Å²) in [6.07, 6.45) is 4.41. The molecule has 2 N–H and O–H groups in total. The maximum absolute atomic E-state index is 13.3. The summed E-state index contributed by atoms with van der Waals surface area (Å²) in [4.78, 5) is 24.8. The molecule has 3 atom stereocenters. The number of aryl methyl sites for hydroxylation is 1. The van der Waals surface area contributed by atoms with E-state index in [0.717, 1.165) is 46.0 Å². The van der Waals surface area contributed by atoms with Crippen molar-refractivity contribution in [2.45, 2.75) is 45.3 Å². The van der Waals surface area contributed by atoms with E-state index in [1.807, 2.05) is 49.3 Å². The molecule has 170 valence electrons. The summed E-state index contributed by atoms with van der Waals surface area (Å²) in [6, 6.07) is 12.2. The third-order valence-corrected chi connectivity index (χ3v) is 7.60. The third-order valence-electron chi connectivity index (χ3n) is 7.60. The first-order valence-electron chi connectivity index (χ1n) is 11.9. The van der Waals surface area contributed by atoms with Gasteiger partial charge in [-0.15, -0.1) is 0 Å². The Balaban J connectivity index is 1.42. The van der Waals surface area contributed by atoms with Crippen molar-refractivity contribution < 1.29 is 4.79 Å². The van der Waals surface area contributed by atoms with Gasteiger partial charge in [0.05, 0.1) is 16.7 Å². The monoisotopic (exact) mass is 442 g/mol. The number of carbonyl (C=O) groups excluding carboxylic acids is 1. The average Bonchev–Trinajstić information content (AvgIpc) is 3.42. The lowest BCUT2D eigenvalue weighted by Crippen LogP contribution is -2.40. The summed E-state index contributed by atoms with van der Waals surface area (Å²) >= 11 is 0. The van der Waals surface area contributed by atoms with Gasteiger partial charge in [-0.3, -0.25) is 4.79 Å². The first kappa shape index (κ1) is 20.4. The molecule has 2 fully saturated rings. The Morgan fingerprint density at radius 1 is 1.18 bits per heavy atom. The quantitative estimate of drug-likeness (QED) is 0.521. The van der Waals surface area contributed by atoms with Crippen molar-refractivity contribution in [1.29, 1.82) is 0 Å². The number of likely N-dealkylation sites (tertiary alicyclic amines) is 1. The highest BCUT2D eigenvalue weighted by Gasteiger charge is 2.37. The Hall–Kier alpha value is -3.19. The molecule has 7 nitrogen and oxygen atoms in total. The van der Waals surface area contributed by atoms with E-state index < -0.39 is 0 Å². The number of imidazole rings is 1. The first-order valence-corrected chi connectivity index (χ1v) is 11.9. The van der Waals surface area contributed by atoms with Crippen LogP contribution < -0.4 is 5.73 Å². The minimum atomic E-state index is 0.0149. The van der Waals surface area contributed by atoms with E-state index in [1.54, 1.807) is 0 Å². The smallest absolute Gasteiger partial charge is 0.254 e.